The minimum atomic E-state index is 0.441. The van der Waals surface area contributed by atoms with Crippen molar-refractivity contribution >= 4 is 0 Å². The maximum Gasteiger partial charge on any atom is 0.231 e. The van der Waals surface area contributed by atoms with Crippen LogP contribution in [-0.2, 0) is 13.6 Å². The molecule has 1 aliphatic heterocycles. The Morgan fingerprint density at radius 1 is 1.39 bits per heavy atom. The molecule has 7 heteroatoms. The summed E-state index contributed by atoms with van der Waals surface area (Å²) in [6.45, 7) is 3.49. The van der Waals surface area contributed by atoms with E-state index in [0.717, 1.165) is 38.3 Å². The zero-order valence-electron chi connectivity index (χ0n) is 13.2. The SMILES string of the molecule is Cn1cnnc1CN1CCC(COc2ncccc2C#N)CC1. The van der Waals surface area contributed by atoms with Gasteiger partial charge in [-0.2, -0.15) is 5.26 Å². The molecule has 2 aromatic heterocycles. The van der Waals surface area contributed by atoms with E-state index in [1.54, 1.807) is 24.7 Å². The van der Waals surface area contributed by atoms with Gasteiger partial charge in [0.1, 0.15) is 23.8 Å². The third kappa shape index (κ3) is 3.85. The fourth-order valence-corrected chi connectivity index (χ4v) is 2.75. The van der Waals surface area contributed by atoms with Gasteiger partial charge in [0.15, 0.2) is 0 Å². The second kappa shape index (κ2) is 7.20. The van der Waals surface area contributed by atoms with Gasteiger partial charge in [-0.3, -0.25) is 4.90 Å². The molecule has 0 saturated carbocycles. The fraction of sp³-hybridized carbons (Fsp3) is 0.500. The number of piperidine rings is 1. The summed E-state index contributed by atoms with van der Waals surface area (Å²) in [5, 5.41) is 17.1. The fourth-order valence-electron chi connectivity index (χ4n) is 2.75. The third-order valence-electron chi connectivity index (χ3n) is 4.22. The van der Waals surface area contributed by atoms with E-state index >= 15 is 0 Å². The summed E-state index contributed by atoms with van der Waals surface area (Å²) in [5.41, 5.74) is 0.493. The first-order valence-electron chi connectivity index (χ1n) is 7.79. The molecule has 0 atom stereocenters. The third-order valence-corrected chi connectivity index (χ3v) is 4.22. The average Bonchev–Trinajstić information content (AvgIpc) is 2.99. The molecule has 23 heavy (non-hydrogen) atoms. The van der Waals surface area contributed by atoms with Crippen LogP contribution in [0.25, 0.3) is 0 Å². The summed E-state index contributed by atoms with van der Waals surface area (Å²) >= 11 is 0. The van der Waals surface area contributed by atoms with E-state index in [9.17, 15) is 0 Å². The normalized spacial score (nSPS) is 16.2. The highest BCUT2D eigenvalue weighted by Gasteiger charge is 2.21. The van der Waals surface area contributed by atoms with Crippen LogP contribution in [0.15, 0.2) is 24.7 Å². The second-order valence-corrected chi connectivity index (χ2v) is 5.86. The molecule has 0 amide bonds. The summed E-state index contributed by atoms with van der Waals surface area (Å²) in [7, 11) is 1.97. The van der Waals surface area contributed by atoms with Gasteiger partial charge >= 0.3 is 0 Å². The maximum absolute atomic E-state index is 9.05. The number of nitrogens with zero attached hydrogens (tertiary/aromatic N) is 6. The molecule has 1 aliphatic rings. The molecule has 1 saturated heterocycles. The van der Waals surface area contributed by atoms with Crippen LogP contribution in [0.5, 0.6) is 5.88 Å². The topological polar surface area (TPSA) is 79.9 Å². The highest BCUT2D eigenvalue weighted by Crippen LogP contribution is 2.21. The van der Waals surface area contributed by atoms with E-state index < -0.39 is 0 Å². The smallest absolute Gasteiger partial charge is 0.231 e. The number of hydrogen-bond acceptors (Lipinski definition) is 6. The number of ether oxygens (including phenoxy) is 1. The molecule has 0 aliphatic carbocycles. The molecule has 0 unspecified atom stereocenters. The Hall–Kier alpha value is -2.46. The Kier molecular flexibility index (Phi) is 4.83. The van der Waals surface area contributed by atoms with Crippen molar-refractivity contribution in [1.29, 1.82) is 5.26 Å². The first-order valence-corrected chi connectivity index (χ1v) is 7.79. The summed E-state index contributed by atoms with van der Waals surface area (Å²) < 4.78 is 7.71. The van der Waals surface area contributed by atoms with Crippen LogP contribution in [0.3, 0.4) is 0 Å². The summed E-state index contributed by atoms with van der Waals surface area (Å²) in [6.07, 6.45) is 5.54. The van der Waals surface area contributed by atoms with Crippen molar-refractivity contribution in [3.8, 4) is 11.9 Å². The number of aryl methyl sites for hydroxylation is 1. The number of rotatable bonds is 5. The summed E-state index contributed by atoms with van der Waals surface area (Å²) in [6, 6.07) is 5.58. The summed E-state index contributed by atoms with van der Waals surface area (Å²) in [5.74, 6) is 1.93. The Morgan fingerprint density at radius 3 is 2.91 bits per heavy atom. The first-order chi connectivity index (χ1) is 11.3. The Morgan fingerprint density at radius 2 is 2.22 bits per heavy atom. The van der Waals surface area contributed by atoms with Crippen LogP contribution in [0.1, 0.15) is 24.2 Å². The van der Waals surface area contributed by atoms with Crippen LogP contribution in [0.2, 0.25) is 0 Å². The van der Waals surface area contributed by atoms with Gasteiger partial charge in [0.2, 0.25) is 5.88 Å². The van der Waals surface area contributed by atoms with Crippen molar-refractivity contribution in [2.75, 3.05) is 19.7 Å². The molecule has 0 aromatic carbocycles. The number of likely N-dealkylation sites (tertiary alicyclic amines) is 1. The van der Waals surface area contributed by atoms with Crippen molar-refractivity contribution in [3.63, 3.8) is 0 Å². The minimum absolute atomic E-state index is 0.441. The van der Waals surface area contributed by atoms with E-state index in [2.05, 4.69) is 26.2 Å². The molecule has 7 nitrogen and oxygen atoms in total. The minimum Gasteiger partial charge on any atom is -0.476 e. The van der Waals surface area contributed by atoms with Crippen LogP contribution in [0, 0.1) is 17.2 Å². The maximum atomic E-state index is 9.05. The molecule has 120 valence electrons. The van der Waals surface area contributed by atoms with E-state index in [-0.39, 0.29) is 0 Å². The van der Waals surface area contributed by atoms with Crippen LogP contribution in [0.4, 0.5) is 0 Å². The Labute approximate surface area is 135 Å². The van der Waals surface area contributed by atoms with Crippen LogP contribution >= 0.6 is 0 Å². The van der Waals surface area contributed by atoms with Gasteiger partial charge in [-0.25, -0.2) is 4.98 Å². The molecule has 0 radical (unpaired) electrons. The Balaban J connectivity index is 1.46. The molecule has 0 bridgehead atoms. The summed E-state index contributed by atoms with van der Waals surface area (Å²) in [4.78, 5) is 6.53. The van der Waals surface area contributed by atoms with Crippen LogP contribution < -0.4 is 4.74 Å². The van der Waals surface area contributed by atoms with Gasteiger partial charge < -0.3 is 9.30 Å². The van der Waals surface area contributed by atoms with Gasteiger partial charge in [0.05, 0.1) is 13.2 Å². The number of aromatic nitrogens is 4. The molecule has 2 aromatic rings. The highest BCUT2D eigenvalue weighted by atomic mass is 16.5. The van der Waals surface area contributed by atoms with E-state index in [4.69, 9.17) is 10.00 Å². The zero-order chi connectivity index (χ0) is 16.1. The van der Waals surface area contributed by atoms with Crippen molar-refractivity contribution in [2.45, 2.75) is 19.4 Å². The Bertz CT molecular complexity index is 684. The van der Waals surface area contributed by atoms with Gasteiger partial charge in [0.25, 0.3) is 0 Å². The van der Waals surface area contributed by atoms with Gasteiger partial charge in [-0.05, 0) is 44.0 Å². The van der Waals surface area contributed by atoms with E-state index in [1.807, 2.05) is 11.6 Å². The van der Waals surface area contributed by atoms with Crippen molar-refractivity contribution in [1.82, 2.24) is 24.6 Å². The molecule has 3 heterocycles. The molecular formula is C16H20N6O. The van der Waals surface area contributed by atoms with Crippen molar-refractivity contribution < 1.29 is 4.74 Å². The quantitative estimate of drug-likeness (QED) is 0.829. The highest BCUT2D eigenvalue weighted by molar-refractivity contribution is 5.36. The molecule has 0 spiro atoms. The number of nitriles is 1. The lowest BCUT2D eigenvalue weighted by atomic mass is 9.98. The van der Waals surface area contributed by atoms with E-state index in [0.29, 0.717) is 24.0 Å². The van der Waals surface area contributed by atoms with Gasteiger partial charge in [0, 0.05) is 13.2 Å². The van der Waals surface area contributed by atoms with Gasteiger partial charge in [-0.1, -0.05) is 0 Å². The zero-order valence-corrected chi connectivity index (χ0v) is 13.2. The van der Waals surface area contributed by atoms with E-state index in [1.165, 1.54) is 0 Å². The average molecular weight is 312 g/mol. The van der Waals surface area contributed by atoms with Crippen molar-refractivity contribution in [2.24, 2.45) is 13.0 Å². The van der Waals surface area contributed by atoms with Gasteiger partial charge in [-0.15, -0.1) is 10.2 Å². The molecule has 3 rings (SSSR count). The molecule has 0 N–H and O–H groups in total. The van der Waals surface area contributed by atoms with Crippen LogP contribution in [-0.4, -0.2) is 44.3 Å². The standard InChI is InChI=1S/C16H20N6O/c1-21-12-19-20-15(21)10-22-7-4-13(5-8-22)11-23-16-14(9-17)3-2-6-18-16/h2-3,6,12-13H,4-5,7-8,10-11H2,1H3. The lowest BCUT2D eigenvalue weighted by molar-refractivity contribution is 0.131. The predicted molar refractivity (Wildman–Crippen MR) is 83.5 cm³/mol. The number of pyridine rings is 1. The predicted octanol–water partition coefficient (Wildman–Crippen LogP) is 1.37. The molecular weight excluding hydrogens is 292 g/mol. The molecule has 1 fully saturated rings. The largest absolute Gasteiger partial charge is 0.476 e. The lowest BCUT2D eigenvalue weighted by Crippen LogP contribution is -2.35. The monoisotopic (exact) mass is 312 g/mol. The van der Waals surface area contributed by atoms with Crippen molar-refractivity contribution in [3.05, 3.63) is 36.0 Å². The second-order valence-electron chi connectivity index (χ2n) is 5.86. The lowest BCUT2D eigenvalue weighted by Gasteiger charge is -2.31. The first kappa shape index (κ1) is 15.4. The number of hydrogen-bond donors (Lipinski definition) is 0.